The second-order valence-electron chi connectivity index (χ2n) is 3.26. The third-order valence-electron chi connectivity index (χ3n) is 2.21. The first-order valence-electron chi connectivity index (χ1n) is 4.12. The van der Waals surface area contributed by atoms with E-state index in [0.717, 1.165) is 11.2 Å². The van der Waals surface area contributed by atoms with Crippen molar-refractivity contribution in [3.05, 3.63) is 0 Å². The molecule has 0 saturated heterocycles. The first kappa shape index (κ1) is 8.54. The monoisotopic (exact) mass is 205 g/mol. The molecule has 1 saturated carbocycles. The fraction of sp³-hybridized carbons (Fsp3) is 1.00. The van der Waals surface area contributed by atoms with Gasteiger partial charge in [-0.1, -0.05) is 22.4 Å². The second-order valence-corrected chi connectivity index (χ2v) is 3.91. The average molecular weight is 206 g/mol. The molecule has 1 aliphatic rings. The Kier molecular flexibility index (Phi) is 3.71. The molecule has 2 heteroatoms. The van der Waals surface area contributed by atoms with E-state index in [2.05, 4.69) is 28.2 Å². The molecule has 1 fully saturated rings. The van der Waals surface area contributed by atoms with E-state index in [9.17, 15) is 0 Å². The van der Waals surface area contributed by atoms with Crippen LogP contribution in [0.1, 0.15) is 26.2 Å². The Morgan fingerprint density at radius 2 is 2.30 bits per heavy atom. The zero-order chi connectivity index (χ0) is 7.40. The zero-order valence-electron chi connectivity index (χ0n) is 6.57. The Morgan fingerprint density at radius 1 is 1.60 bits per heavy atom. The largest absolute Gasteiger partial charge is 0.313 e. The van der Waals surface area contributed by atoms with Gasteiger partial charge < -0.3 is 5.32 Å². The Labute approximate surface area is 71.7 Å². The van der Waals surface area contributed by atoms with Crippen LogP contribution >= 0.6 is 15.9 Å². The van der Waals surface area contributed by atoms with E-state index in [1.165, 1.54) is 25.8 Å². The van der Waals surface area contributed by atoms with E-state index in [4.69, 9.17) is 0 Å². The Morgan fingerprint density at radius 3 is 2.70 bits per heavy atom. The number of nitrogens with one attached hydrogen (secondary N) is 1. The van der Waals surface area contributed by atoms with Crippen LogP contribution in [0.5, 0.6) is 0 Å². The van der Waals surface area contributed by atoms with Crippen molar-refractivity contribution in [2.24, 2.45) is 5.92 Å². The van der Waals surface area contributed by atoms with Crippen molar-refractivity contribution in [3.63, 3.8) is 0 Å². The van der Waals surface area contributed by atoms with Crippen LogP contribution in [-0.4, -0.2) is 17.9 Å². The number of hydrogen-bond donors (Lipinski definition) is 1. The van der Waals surface area contributed by atoms with E-state index in [1.807, 2.05) is 0 Å². The van der Waals surface area contributed by atoms with Crippen molar-refractivity contribution in [1.29, 1.82) is 0 Å². The highest BCUT2D eigenvalue weighted by atomic mass is 79.9. The van der Waals surface area contributed by atoms with Gasteiger partial charge >= 0.3 is 0 Å². The molecule has 0 radical (unpaired) electrons. The van der Waals surface area contributed by atoms with Gasteiger partial charge in [0.25, 0.3) is 0 Å². The maximum atomic E-state index is 3.49. The summed E-state index contributed by atoms with van der Waals surface area (Å²) in [6.45, 7) is 3.44. The van der Waals surface area contributed by atoms with Crippen molar-refractivity contribution >= 4 is 15.9 Å². The maximum absolute atomic E-state index is 3.49. The van der Waals surface area contributed by atoms with Crippen molar-refractivity contribution in [2.45, 2.75) is 32.2 Å². The number of alkyl halides is 1. The molecule has 0 bridgehead atoms. The van der Waals surface area contributed by atoms with Crippen LogP contribution in [-0.2, 0) is 0 Å². The van der Waals surface area contributed by atoms with Gasteiger partial charge in [-0.3, -0.25) is 0 Å². The van der Waals surface area contributed by atoms with Gasteiger partial charge in [0, 0.05) is 11.4 Å². The minimum atomic E-state index is 0.639. The topological polar surface area (TPSA) is 12.0 Å². The van der Waals surface area contributed by atoms with E-state index in [1.54, 1.807) is 0 Å². The lowest BCUT2D eigenvalue weighted by atomic mass is 9.85. The van der Waals surface area contributed by atoms with Gasteiger partial charge in [-0.25, -0.2) is 0 Å². The summed E-state index contributed by atoms with van der Waals surface area (Å²) < 4.78 is 0. The lowest BCUT2D eigenvalue weighted by Gasteiger charge is -2.26. The highest BCUT2D eigenvalue weighted by molar-refractivity contribution is 9.09. The van der Waals surface area contributed by atoms with Crippen molar-refractivity contribution < 1.29 is 0 Å². The normalized spacial score (nSPS) is 22.2. The number of rotatable bonds is 4. The van der Waals surface area contributed by atoms with E-state index in [-0.39, 0.29) is 0 Å². The molecule has 0 amide bonds. The van der Waals surface area contributed by atoms with Gasteiger partial charge in [0.15, 0.2) is 0 Å². The van der Waals surface area contributed by atoms with Gasteiger partial charge in [-0.15, -0.1) is 0 Å². The Bertz CT molecular complexity index is 86.5. The summed E-state index contributed by atoms with van der Waals surface area (Å²) in [6, 6.07) is 0.639. The fourth-order valence-corrected chi connectivity index (χ4v) is 1.35. The highest BCUT2D eigenvalue weighted by Crippen LogP contribution is 2.25. The van der Waals surface area contributed by atoms with Crippen LogP contribution in [0.2, 0.25) is 0 Å². The molecule has 60 valence electrons. The predicted octanol–water partition coefficient (Wildman–Crippen LogP) is 2.16. The van der Waals surface area contributed by atoms with Crippen LogP contribution in [0.4, 0.5) is 0 Å². The summed E-state index contributed by atoms with van der Waals surface area (Å²) >= 11 is 3.44. The van der Waals surface area contributed by atoms with Crippen molar-refractivity contribution in [1.82, 2.24) is 5.32 Å². The lowest BCUT2D eigenvalue weighted by molar-refractivity contribution is 0.295. The van der Waals surface area contributed by atoms with Gasteiger partial charge in [-0.2, -0.15) is 0 Å². The quantitative estimate of drug-likeness (QED) is 0.695. The summed E-state index contributed by atoms with van der Waals surface area (Å²) in [6.07, 6.45) is 4.35. The molecule has 10 heavy (non-hydrogen) atoms. The number of halogens is 1. The lowest BCUT2D eigenvalue weighted by Crippen LogP contribution is -2.34. The summed E-state index contributed by atoms with van der Waals surface area (Å²) in [4.78, 5) is 0. The van der Waals surface area contributed by atoms with Crippen LogP contribution in [0.3, 0.4) is 0 Å². The predicted molar refractivity (Wildman–Crippen MR) is 48.6 cm³/mol. The molecule has 1 nitrogen and oxygen atoms in total. The second kappa shape index (κ2) is 4.35. The first-order chi connectivity index (χ1) is 4.83. The highest BCUT2D eigenvalue weighted by Gasteiger charge is 2.16. The molecule has 0 aromatic carbocycles. The van der Waals surface area contributed by atoms with E-state index in [0.29, 0.717) is 6.04 Å². The average Bonchev–Trinajstić information content (AvgIpc) is 1.84. The molecular weight excluding hydrogens is 190 g/mol. The van der Waals surface area contributed by atoms with Crippen LogP contribution in [0.15, 0.2) is 0 Å². The molecule has 0 aromatic rings. The van der Waals surface area contributed by atoms with Gasteiger partial charge in [0.2, 0.25) is 0 Å². The minimum Gasteiger partial charge on any atom is -0.313 e. The molecule has 0 heterocycles. The van der Waals surface area contributed by atoms with Crippen molar-refractivity contribution in [2.75, 3.05) is 11.9 Å². The van der Waals surface area contributed by atoms with Gasteiger partial charge in [0.05, 0.1) is 0 Å². The summed E-state index contributed by atoms with van der Waals surface area (Å²) in [5.74, 6) is 0.987. The summed E-state index contributed by atoms with van der Waals surface area (Å²) in [5.41, 5.74) is 0. The van der Waals surface area contributed by atoms with E-state index >= 15 is 0 Å². The third-order valence-corrected chi connectivity index (χ3v) is 3.18. The van der Waals surface area contributed by atoms with E-state index < -0.39 is 0 Å². The Balaban J connectivity index is 1.93. The molecule has 0 spiro atoms. The number of hydrogen-bond acceptors (Lipinski definition) is 1. The smallest absolute Gasteiger partial charge is 0.0183 e. The fourth-order valence-electron chi connectivity index (χ4n) is 1.12. The summed E-state index contributed by atoms with van der Waals surface area (Å²) in [7, 11) is 0. The standard InChI is InChI=1S/C8H16BrN/c1-7(5-9)10-6-8-3-2-4-8/h7-8,10H,2-6H2,1H3. The molecular formula is C8H16BrN. The van der Waals surface area contributed by atoms with Crippen molar-refractivity contribution in [3.8, 4) is 0 Å². The molecule has 1 N–H and O–H groups in total. The SMILES string of the molecule is CC(CBr)NCC1CCC1. The molecule has 1 rings (SSSR count). The van der Waals surface area contributed by atoms with Gasteiger partial charge in [0.1, 0.15) is 0 Å². The maximum Gasteiger partial charge on any atom is 0.0183 e. The zero-order valence-corrected chi connectivity index (χ0v) is 8.15. The van der Waals surface area contributed by atoms with Crippen LogP contribution in [0, 0.1) is 5.92 Å². The molecule has 0 aliphatic heterocycles. The molecule has 1 atom stereocenters. The third kappa shape index (κ3) is 2.59. The van der Waals surface area contributed by atoms with Crippen LogP contribution in [0.25, 0.3) is 0 Å². The molecule has 1 unspecified atom stereocenters. The molecule has 1 aliphatic carbocycles. The van der Waals surface area contributed by atoms with Crippen LogP contribution < -0.4 is 5.32 Å². The Hall–Kier alpha value is 0.440. The van der Waals surface area contributed by atoms with Gasteiger partial charge in [-0.05, 0) is 32.2 Å². The molecule has 0 aromatic heterocycles. The first-order valence-corrected chi connectivity index (χ1v) is 5.24. The minimum absolute atomic E-state index is 0.639. The summed E-state index contributed by atoms with van der Waals surface area (Å²) in [5, 5.41) is 4.56.